The number of esters is 1. The monoisotopic (exact) mass is 399 g/mol. The van der Waals surface area contributed by atoms with E-state index in [2.05, 4.69) is 29.9 Å². The SMILES string of the molecule is CCOC(=O)C1(Cc2ccccc2C)CCCN(C(=O)C2CC(C3CC3)NN2)C1. The molecular formula is C23H33N3O3. The third kappa shape index (κ3) is 4.33. The van der Waals surface area contributed by atoms with Gasteiger partial charge < -0.3 is 9.64 Å². The maximum Gasteiger partial charge on any atom is 0.314 e. The highest BCUT2D eigenvalue weighted by Crippen LogP contribution is 2.38. The standard InChI is InChI=1S/C23H33N3O3/c1-3-29-22(28)23(14-18-8-5-4-7-16(18)2)11-6-12-26(15-23)21(27)20-13-19(24-25-20)17-9-10-17/h4-5,7-8,17,19-20,24-25H,3,6,9-15H2,1-2H3. The predicted molar refractivity (Wildman–Crippen MR) is 111 cm³/mol. The summed E-state index contributed by atoms with van der Waals surface area (Å²) in [5, 5.41) is 0. The molecule has 2 heterocycles. The number of ether oxygens (including phenoxy) is 1. The van der Waals surface area contributed by atoms with Crippen LogP contribution in [0.4, 0.5) is 0 Å². The van der Waals surface area contributed by atoms with Crippen molar-refractivity contribution >= 4 is 11.9 Å². The van der Waals surface area contributed by atoms with Crippen LogP contribution in [0.15, 0.2) is 24.3 Å². The van der Waals surface area contributed by atoms with Crippen LogP contribution in [-0.4, -0.2) is 48.6 Å². The number of hydrazine groups is 1. The number of hydrogen-bond donors (Lipinski definition) is 2. The summed E-state index contributed by atoms with van der Waals surface area (Å²) in [5.41, 5.74) is 8.18. The van der Waals surface area contributed by atoms with E-state index in [4.69, 9.17) is 4.74 Å². The van der Waals surface area contributed by atoms with Gasteiger partial charge in [-0.05, 0) is 69.4 Å². The van der Waals surface area contributed by atoms with Crippen molar-refractivity contribution in [3.05, 3.63) is 35.4 Å². The van der Waals surface area contributed by atoms with Crippen molar-refractivity contribution in [3.63, 3.8) is 0 Å². The van der Waals surface area contributed by atoms with Crippen LogP contribution in [0, 0.1) is 18.3 Å². The van der Waals surface area contributed by atoms with Crippen LogP contribution in [-0.2, 0) is 20.7 Å². The molecule has 3 unspecified atom stereocenters. The Morgan fingerprint density at radius 2 is 2.03 bits per heavy atom. The molecule has 1 saturated carbocycles. The van der Waals surface area contributed by atoms with Crippen LogP contribution in [0.2, 0.25) is 0 Å². The first-order valence-corrected chi connectivity index (χ1v) is 11.0. The largest absolute Gasteiger partial charge is 0.466 e. The van der Waals surface area contributed by atoms with E-state index in [-0.39, 0.29) is 17.9 Å². The molecule has 1 amide bonds. The minimum atomic E-state index is -0.669. The van der Waals surface area contributed by atoms with Crippen molar-refractivity contribution in [3.8, 4) is 0 Å². The number of benzene rings is 1. The zero-order valence-electron chi connectivity index (χ0n) is 17.6. The van der Waals surface area contributed by atoms with E-state index in [9.17, 15) is 9.59 Å². The van der Waals surface area contributed by atoms with Gasteiger partial charge in [0.15, 0.2) is 0 Å². The van der Waals surface area contributed by atoms with Crippen LogP contribution in [0.25, 0.3) is 0 Å². The van der Waals surface area contributed by atoms with Crippen molar-refractivity contribution in [1.29, 1.82) is 0 Å². The van der Waals surface area contributed by atoms with E-state index in [1.54, 1.807) is 0 Å². The number of nitrogens with zero attached hydrogens (tertiary/aromatic N) is 1. The molecule has 158 valence electrons. The molecule has 1 aromatic carbocycles. The topological polar surface area (TPSA) is 70.7 Å². The molecule has 0 bridgehead atoms. The fourth-order valence-electron chi connectivity index (χ4n) is 4.93. The van der Waals surface area contributed by atoms with E-state index in [1.165, 1.54) is 18.4 Å². The Hall–Kier alpha value is -1.92. The Morgan fingerprint density at radius 3 is 2.76 bits per heavy atom. The third-order valence-corrected chi connectivity index (χ3v) is 6.81. The number of likely N-dealkylation sites (tertiary alicyclic amines) is 1. The van der Waals surface area contributed by atoms with Crippen LogP contribution in [0.1, 0.15) is 50.2 Å². The Balaban J connectivity index is 1.51. The number of hydrogen-bond acceptors (Lipinski definition) is 5. The lowest BCUT2D eigenvalue weighted by Gasteiger charge is -2.42. The first-order chi connectivity index (χ1) is 14.0. The average molecular weight is 400 g/mol. The van der Waals surface area contributed by atoms with Gasteiger partial charge in [-0.3, -0.25) is 15.0 Å². The van der Waals surface area contributed by atoms with Crippen molar-refractivity contribution in [2.75, 3.05) is 19.7 Å². The van der Waals surface area contributed by atoms with E-state index in [0.29, 0.717) is 38.1 Å². The Labute approximate surface area is 173 Å². The van der Waals surface area contributed by atoms with Gasteiger partial charge in [0.2, 0.25) is 5.91 Å². The van der Waals surface area contributed by atoms with Crippen LogP contribution >= 0.6 is 0 Å². The molecule has 2 aliphatic heterocycles. The normalized spacial score (nSPS) is 29.7. The molecule has 1 aliphatic carbocycles. The molecule has 1 aromatic rings. The average Bonchev–Trinajstić information content (AvgIpc) is 3.46. The maximum atomic E-state index is 13.2. The van der Waals surface area contributed by atoms with E-state index >= 15 is 0 Å². The molecule has 2 N–H and O–H groups in total. The number of piperidine rings is 1. The van der Waals surface area contributed by atoms with Gasteiger partial charge >= 0.3 is 5.97 Å². The number of amides is 1. The Morgan fingerprint density at radius 1 is 1.24 bits per heavy atom. The minimum Gasteiger partial charge on any atom is -0.466 e. The van der Waals surface area contributed by atoms with Crippen LogP contribution in [0.5, 0.6) is 0 Å². The first-order valence-electron chi connectivity index (χ1n) is 11.0. The lowest BCUT2D eigenvalue weighted by Crippen LogP contribution is -2.55. The van der Waals surface area contributed by atoms with Gasteiger partial charge in [0.1, 0.15) is 6.04 Å². The molecule has 4 rings (SSSR count). The van der Waals surface area contributed by atoms with Crippen molar-refractivity contribution in [2.24, 2.45) is 11.3 Å². The van der Waals surface area contributed by atoms with Crippen LogP contribution < -0.4 is 10.9 Å². The third-order valence-electron chi connectivity index (χ3n) is 6.81. The van der Waals surface area contributed by atoms with E-state index < -0.39 is 5.41 Å². The second-order valence-corrected chi connectivity index (χ2v) is 8.99. The van der Waals surface area contributed by atoms with Crippen molar-refractivity contribution in [2.45, 2.75) is 64.5 Å². The molecule has 0 spiro atoms. The summed E-state index contributed by atoms with van der Waals surface area (Å²) in [6.45, 7) is 5.42. The summed E-state index contributed by atoms with van der Waals surface area (Å²) in [5.74, 6) is 0.647. The zero-order chi connectivity index (χ0) is 20.4. The first kappa shape index (κ1) is 20.4. The van der Waals surface area contributed by atoms with Gasteiger partial charge in [0.25, 0.3) is 0 Å². The zero-order valence-corrected chi connectivity index (χ0v) is 17.6. The highest BCUT2D eigenvalue weighted by Gasteiger charge is 2.47. The summed E-state index contributed by atoms with van der Waals surface area (Å²) >= 11 is 0. The molecule has 0 aromatic heterocycles. The van der Waals surface area contributed by atoms with Crippen molar-refractivity contribution < 1.29 is 14.3 Å². The molecule has 6 heteroatoms. The molecule has 6 nitrogen and oxygen atoms in total. The van der Waals surface area contributed by atoms with Crippen molar-refractivity contribution in [1.82, 2.24) is 15.8 Å². The van der Waals surface area contributed by atoms with Gasteiger partial charge in [-0.25, -0.2) is 5.43 Å². The molecule has 3 fully saturated rings. The van der Waals surface area contributed by atoms with Gasteiger partial charge in [-0.2, -0.15) is 0 Å². The summed E-state index contributed by atoms with van der Waals surface area (Å²) in [6, 6.07) is 8.39. The minimum absolute atomic E-state index is 0.110. The second-order valence-electron chi connectivity index (χ2n) is 8.99. The fraction of sp³-hybridized carbons (Fsp3) is 0.652. The van der Waals surface area contributed by atoms with Gasteiger partial charge in [-0.1, -0.05) is 24.3 Å². The molecule has 3 atom stereocenters. The number of carbonyl (C=O) groups excluding carboxylic acids is 2. The molecule has 0 radical (unpaired) electrons. The molecule has 3 aliphatic rings. The quantitative estimate of drug-likeness (QED) is 0.719. The van der Waals surface area contributed by atoms with Crippen LogP contribution in [0.3, 0.4) is 0 Å². The highest BCUT2D eigenvalue weighted by molar-refractivity contribution is 5.84. The molecular weight excluding hydrogens is 366 g/mol. The van der Waals surface area contributed by atoms with Gasteiger partial charge in [0, 0.05) is 19.1 Å². The number of rotatable bonds is 6. The molecule has 2 saturated heterocycles. The summed E-state index contributed by atoms with van der Waals surface area (Å²) in [6.07, 6.45) is 5.54. The van der Waals surface area contributed by atoms with E-state index in [0.717, 1.165) is 24.8 Å². The Kier molecular flexibility index (Phi) is 5.93. The van der Waals surface area contributed by atoms with E-state index in [1.807, 2.05) is 24.0 Å². The summed E-state index contributed by atoms with van der Waals surface area (Å²) < 4.78 is 5.50. The Bertz CT molecular complexity index is 763. The van der Waals surface area contributed by atoms with Gasteiger partial charge in [-0.15, -0.1) is 0 Å². The fourth-order valence-corrected chi connectivity index (χ4v) is 4.93. The lowest BCUT2D eigenvalue weighted by atomic mass is 9.74. The predicted octanol–water partition coefficient (Wildman–Crippen LogP) is 2.35. The van der Waals surface area contributed by atoms with Gasteiger partial charge in [0.05, 0.1) is 12.0 Å². The maximum absolute atomic E-state index is 13.2. The second kappa shape index (κ2) is 8.44. The lowest BCUT2D eigenvalue weighted by molar-refractivity contribution is -0.161. The summed E-state index contributed by atoms with van der Waals surface area (Å²) in [7, 11) is 0. The smallest absolute Gasteiger partial charge is 0.314 e. The molecule has 29 heavy (non-hydrogen) atoms. The summed E-state index contributed by atoms with van der Waals surface area (Å²) in [4.78, 5) is 28.2. The highest BCUT2D eigenvalue weighted by atomic mass is 16.5. The number of nitrogens with one attached hydrogen (secondary N) is 2. The number of aryl methyl sites for hydroxylation is 1. The number of carbonyl (C=O) groups is 2.